The summed E-state index contributed by atoms with van der Waals surface area (Å²) in [7, 11) is 0. The molecule has 0 bridgehead atoms. The van der Waals surface area contributed by atoms with Gasteiger partial charge in [0.05, 0.1) is 11.8 Å². The van der Waals surface area contributed by atoms with Crippen molar-refractivity contribution >= 4 is 11.7 Å². The Morgan fingerprint density at radius 2 is 1.93 bits per heavy atom. The van der Waals surface area contributed by atoms with Crippen molar-refractivity contribution in [1.29, 1.82) is 0 Å². The van der Waals surface area contributed by atoms with Gasteiger partial charge < -0.3 is 19.7 Å². The Kier molecular flexibility index (Phi) is 6.14. The number of ether oxygens (including phenoxy) is 2. The zero-order valence-electron chi connectivity index (χ0n) is 16.1. The number of amides is 2. The van der Waals surface area contributed by atoms with Gasteiger partial charge in [-0.15, -0.1) is 0 Å². The summed E-state index contributed by atoms with van der Waals surface area (Å²) in [6, 6.07) is 7.63. The summed E-state index contributed by atoms with van der Waals surface area (Å²) < 4.78 is 11.7. The van der Waals surface area contributed by atoms with Crippen molar-refractivity contribution in [1.82, 2.24) is 9.80 Å². The Hall–Kier alpha value is -1.79. The van der Waals surface area contributed by atoms with Crippen LogP contribution in [0.5, 0.6) is 5.75 Å². The van der Waals surface area contributed by atoms with Crippen LogP contribution in [0.1, 0.15) is 32.1 Å². The zero-order valence-corrected chi connectivity index (χ0v) is 16.1. The summed E-state index contributed by atoms with van der Waals surface area (Å²) >= 11 is 0. The number of nitrogens with one attached hydrogen (secondary N) is 1. The topological polar surface area (TPSA) is 54.0 Å². The molecule has 0 radical (unpaired) electrons. The molecule has 3 fully saturated rings. The van der Waals surface area contributed by atoms with E-state index in [2.05, 4.69) is 10.2 Å². The fourth-order valence-corrected chi connectivity index (χ4v) is 3.81. The third-order valence-corrected chi connectivity index (χ3v) is 5.70. The van der Waals surface area contributed by atoms with E-state index in [1.54, 1.807) is 0 Å². The van der Waals surface area contributed by atoms with E-state index in [4.69, 9.17) is 9.47 Å². The van der Waals surface area contributed by atoms with Crippen molar-refractivity contribution in [3.05, 3.63) is 24.3 Å². The first-order valence-corrected chi connectivity index (χ1v) is 10.4. The number of hydrogen-bond donors (Lipinski definition) is 1. The predicted molar refractivity (Wildman–Crippen MR) is 105 cm³/mol. The molecule has 148 valence electrons. The monoisotopic (exact) mass is 373 g/mol. The number of anilines is 1. The Bertz CT molecular complexity index is 621. The maximum Gasteiger partial charge on any atom is 0.322 e. The highest BCUT2D eigenvalue weighted by atomic mass is 16.5. The van der Waals surface area contributed by atoms with E-state index in [9.17, 15) is 4.79 Å². The number of nitrogens with zero attached hydrogens (tertiary/aromatic N) is 2. The molecule has 0 aromatic heterocycles. The average Bonchev–Trinajstić information content (AvgIpc) is 3.53. The van der Waals surface area contributed by atoms with Gasteiger partial charge in [0.2, 0.25) is 0 Å². The lowest BCUT2D eigenvalue weighted by Crippen LogP contribution is -2.50. The number of benzene rings is 1. The zero-order chi connectivity index (χ0) is 18.5. The van der Waals surface area contributed by atoms with E-state index in [0.717, 1.165) is 57.2 Å². The number of urea groups is 1. The molecule has 2 aliphatic heterocycles. The Morgan fingerprint density at radius 1 is 1.11 bits per heavy atom. The lowest BCUT2D eigenvalue weighted by Gasteiger charge is -2.34. The van der Waals surface area contributed by atoms with Crippen LogP contribution in [0.25, 0.3) is 0 Å². The molecule has 4 rings (SSSR count). The van der Waals surface area contributed by atoms with E-state index >= 15 is 0 Å². The van der Waals surface area contributed by atoms with E-state index in [1.165, 1.54) is 25.8 Å². The largest absolute Gasteiger partial charge is 0.489 e. The molecule has 1 saturated carbocycles. The van der Waals surface area contributed by atoms with Crippen LogP contribution >= 0.6 is 0 Å². The maximum atomic E-state index is 12.7. The average molecular weight is 373 g/mol. The second-order valence-electron chi connectivity index (χ2n) is 7.96. The van der Waals surface area contributed by atoms with Crippen LogP contribution in [0.15, 0.2) is 24.3 Å². The lowest BCUT2D eigenvalue weighted by molar-refractivity contribution is -0.0109. The first kappa shape index (κ1) is 18.6. The Labute approximate surface area is 161 Å². The molecular weight excluding hydrogens is 342 g/mol. The molecule has 2 saturated heterocycles. The minimum Gasteiger partial charge on any atom is -0.489 e. The van der Waals surface area contributed by atoms with E-state index in [0.29, 0.717) is 12.4 Å². The van der Waals surface area contributed by atoms with Crippen molar-refractivity contribution in [3.63, 3.8) is 0 Å². The molecule has 0 spiro atoms. The Balaban J connectivity index is 1.27. The fourth-order valence-electron chi connectivity index (χ4n) is 3.81. The minimum atomic E-state index is -0.0361. The van der Waals surface area contributed by atoms with Crippen molar-refractivity contribution in [2.75, 3.05) is 51.3 Å². The second-order valence-corrected chi connectivity index (χ2v) is 7.96. The number of piperazine rings is 1. The van der Waals surface area contributed by atoms with Gasteiger partial charge in [-0.2, -0.15) is 0 Å². The number of hydrogen-bond acceptors (Lipinski definition) is 4. The summed E-state index contributed by atoms with van der Waals surface area (Å²) in [6.07, 6.45) is 6.28. The van der Waals surface area contributed by atoms with Gasteiger partial charge in [-0.3, -0.25) is 4.90 Å². The quantitative estimate of drug-likeness (QED) is 0.832. The molecule has 6 nitrogen and oxygen atoms in total. The minimum absolute atomic E-state index is 0.0361. The summed E-state index contributed by atoms with van der Waals surface area (Å²) in [6.45, 7) is 6.08. The lowest BCUT2D eigenvalue weighted by atomic mass is 10.1. The second kappa shape index (κ2) is 8.93. The SMILES string of the molecule is O=C(Nc1ccccc1OC[C@@H]1CCCCO1)N1CCN(CC2CC2)CC1. The predicted octanol–water partition coefficient (Wildman–Crippen LogP) is 3.19. The van der Waals surface area contributed by atoms with E-state index < -0.39 is 0 Å². The molecule has 2 heterocycles. The number of carbonyl (C=O) groups excluding carboxylic acids is 1. The smallest absolute Gasteiger partial charge is 0.322 e. The van der Waals surface area contributed by atoms with Gasteiger partial charge in [0.25, 0.3) is 0 Å². The standard InChI is InChI=1S/C21H31N3O3/c25-21(24-12-10-23(11-13-24)15-17-8-9-17)22-19-6-1-2-7-20(19)27-16-18-5-3-4-14-26-18/h1-2,6-7,17-18H,3-5,8-16H2,(H,22,25)/t18-/m0/s1. The highest BCUT2D eigenvalue weighted by molar-refractivity contribution is 5.91. The third-order valence-electron chi connectivity index (χ3n) is 5.70. The van der Waals surface area contributed by atoms with Crippen LogP contribution < -0.4 is 10.1 Å². The summed E-state index contributed by atoms with van der Waals surface area (Å²) in [5.41, 5.74) is 0.735. The van der Waals surface area contributed by atoms with Crippen molar-refractivity contribution in [2.24, 2.45) is 5.92 Å². The molecule has 1 aliphatic carbocycles. The maximum absolute atomic E-state index is 12.7. The van der Waals surface area contributed by atoms with Crippen molar-refractivity contribution < 1.29 is 14.3 Å². The van der Waals surface area contributed by atoms with Gasteiger partial charge in [-0.25, -0.2) is 4.79 Å². The molecule has 3 aliphatic rings. The highest BCUT2D eigenvalue weighted by Crippen LogP contribution is 2.30. The van der Waals surface area contributed by atoms with Crippen LogP contribution in [-0.4, -0.2) is 67.9 Å². The number of rotatable bonds is 6. The molecule has 27 heavy (non-hydrogen) atoms. The van der Waals surface area contributed by atoms with Gasteiger partial charge >= 0.3 is 6.03 Å². The van der Waals surface area contributed by atoms with E-state index in [-0.39, 0.29) is 12.1 Å². The van der Waals surface area contributed by atoms with Crippen LogP contribution in [0.3, 0.4) is 0 Å². The highest BCUT2D eigenvalue weighted by Gasteiger charge is 2.27. The Morgan fingerprint density at radius 3 is 2.67 bits per heavy atom. The summed E-state index contributed by atoms with van der Waals surface area (Å²) in [4.78, 5) is 17.1. The number of para-hydroxylation sites is 2. The third kappa shape index (κ3) is 5.36. The molecule has 0 unspecified atom stereocenters. The molecule has 1 aromatic carbocycles. The molecular formula is C21H31N3O3. The first-order chi connectivity index (χ1) is 13.3. The van der Waals surface area contributed by atoms with Gasteiger partial charge in [0.15, 0.2) is 0 Å². The van der Waals surface area contributed by atoms with Gasteiger partial charge in [0.1, 0.15) is 12.4 Å². The van der Waals surface area contributed by atoms with E-state index in [1.807, 2.05) is 29.2 Å². The fraction of sp³-hybridized carbons (Fsp3) is 0.667. The first-order valence-electron chi connectivity index (χ1n) is 10.4. The van der Waals surface area contributed by atoms with Gasteiger partial charge in [-0.1, -0.05) is 12.1 Å². The molecule has 1 aromatic rings. The van der Waals surface area contributed by atoms with Gasteiger partial charge in [-0.05, 0) is 50.2 Å². The summed E-state index contributed by atoms with van der Waals surface area (Å²) in [5, 5.41) is 3.04. The normalized spacial score (nSPS) is 23.9. The van der Waals surface area contributed by atoms with Crippen LogP contribution in [0, 0.1) is 5.92 Å². The molecule has 6 heteroatoms. The molecule has 2 amide bonds. The summed E-state index contributed by atoms with van der Waals surface area (Å²) in [5.74, 6) is 1.62. The van der Waals surface area contributed by atoms with Crippen LogP contribution in [0.4, 0.5) is 10.5 Å². The number of carbonyl (C=O) groups is 1. The van der Waals surface area contributed by atoms with Gasteiger partial charge in [0, 0.05) is 39.3 Å². The van der Waals surface area contributed by atoms with Crippen LogP contribution in [-0.2, 0) is 4.74 Å². The van der Waals surface area contributed by atoms with Crippen molar-refractivity contribution in [3.8, 4) is 5.75 Å². The van der Waals surface area contributed by atoms with Crippen molar-refractivity contribution in [2.45, 2.75) is 38.2 Å². The molecule has 1 N–H and O–H groups in total. The van der Waals surface area contributed by atoms with Crippen LogP contribution in [0.2, 0.25) is 0 Å². The molecule has 1 atom stereocenters.